The van der Waals surface area contributed by atoms with E-state index in [2.05, 4.69) is 16.0 Å². The topological polar surface area (TPSA) is 70.2 Å². The van der Waals surface area contributed by atoms with Crippen molar-refractivity contribution < 1.29 is 18.4 Å². The zero-order valence-corrected chi connectivity index (χ0v) is 20.1. The summed E-state index contributed by atoms with van der Waals surface area (Å²) < 4.78 is 29.7. The Bertz CT molecular complexity index is 1180. The zero-order chi connectivity index (χ0) is 24.4. The molecule has 1 aliphatic carbocycles. The van der Waals surface area contributed by atoms with Crippen LogP contribution in [-0.2, 0) is 15.0 Å². The first-order valence-corrected chi connectivity index (χ1v) is 12.0. The maximum absolute atomic E-state index is 15.6. The maximum Gasteiger partial charge on any atom is 0.238 e. The Hall–Kier alpha value is -2.51. The molecule has 2 aliphatic heterocycles. The number of anilines is 1. The lowest BCUT2D eigenvalue weighted by Gasteiger charge is -2.37. The summed E-state index contributed by atoms with van der Waals surface area (Å²) in [4.78, 5) is 27.4. The third-order valence-corrected chi connectivity index (χ3v) is 7.44. The first-order chi connectivity index (χ1) is 16.0. The van der Waals surface area contributed by atoms with Crippen LogP contribution in [0.2, 0.25) is 5.02 Å². The second-order valence-electron chi connectivity index (χ2n) is 10.9. The Kier molecular flexibility index (Phi) is 5.48. The lowest BCUT2D eigenvalue weighted by molar-refractivity contribution is -0.124. The van der Waals surface area contributed by atoms with Gasteiger partial charge in [-0.25, -0.2) is 8.78 Å². The van der Waals surface area contributed by atoms with E-state index in [0.29, 0.717) is 17.7 Å². The summed E-state index contributed by atoms with van der Waals surface area (Å²) in [7, 11) is 0. The molecule has 3 N–H and O–H groups in total. The highest BCUT2D eigenvalue weighted by molar-refractivity contribution is 6.30. The molecule has 5 nitrogen and oxygen atoms in total. The van der Waals surface area contributed by atoms with Gasteiger partial charge in [-0.15, -0.1) is 0 Å². The average Bonchev–Trinajstić information content (AvgIpc) is 3.43. The molecule has 2 heterocycles. The molecule has 4 unspecified atom stereocenters. The van der Waals surface area contributed by atoms with Crippen molar-refractivity contribution in [3.63, 3.8) is 0 Å². The van der Waals surface area contributed by atoms with E-state index in [4.69, 9.17) is 11.6 Å². The minimum atomic E-state index is -1.33. The number of hydrogen-bond acceptors (Lipinski definition) is 3. The van der Waals surface area contributed by atoms with Crippen LogP contribution in [0.5, 0.6) is 0 Å². The molecule has 1 spiro atoms. The number of benzene rings is 2. The lowest BCUT2D eigenvalue weighted by Crippen LogP contribution is -2.49. The summed E-state index contributed by atoms with van der Waals surface area (Å²) in [6.07, 6.45) is 2.32. The number of amides is 2. The van der Waals surface area contributed by atoms with Crippen molar-refractivity contribution >= 4 is 29.1 Å². The SMILES string of the molecule is CC(C)(C)CC1NC(C(=O)NC2CC2)C(c2cccc(Cl)c2F)C12C(=O)Nc1cc(F)ccc12. The fourth-order valence-corrected chi connectivity index (χ4v) is 5.85. The van der Waals surface area contributed by atoms with E-state index >= 15 is 4.39 Å². The number of hydrogen-bond donors (Lipinski definition) is 3. The van der Waals surface area contributed by atoms with E-state index in [1.165, 1.54) is 18.2 Å². The highest BCUT2D eigenvalue weighted by atomic mass is 35.5. The van der Waals surface area contributed by atoms with E-state index < -0.39 is 35.1 Å². The highest BCUT2D eigenvalue weighted by Crippen LogP contribution is 2.57. The van der Waals surface area contributed by atoms with Gasteiger partial charge in [-0.05, 0) is 54.0 Å². The third-order valence-electron chi connectivity index (χ3n) is 7.14. The maximum atomic E-state index is 15.6. The number of rotatable bonds is 4. The van der Waals surface area contributed by atoms with Crippen LogP contribution in [0.3, 0.4) is 0 Å². The minimum Gasteiger partial charge on any atom is -0.352 e. The van der Waals surface area contributed by atoms with Gasteiger partial charge in [0.05, 0.1) is 11.1 Å². The molecule has 180 valence electrons. The predicted molar refractivity (Wildman–Crippen MR) is 127 cm³/mol. The number of halogens is 3. The average molecular weight is 488 g/mol. The normalized spacial score (nSPS) is 28.2. The Morgan fingerprint density at radius 1 is 1.21 bits per heavy atom. The van der Waals surface area contributed by atoms with E-state index in [1.54, 1.807) is 18.2 Å². The van der Waals surface area contributed by atoms with Gasteiger partial charge >= 0.3 is 0 Å². The Balaban J connectivity index is 1.75. The first-order valence-electron chi connectivity index (χ1n) is 11.6. The molecule has 1 saturated carbocycles. The molecule has 2 amide bonds. The van der Waals surface area contributed by atoms with E-state index in [-0.39, 0.29) is 33.9 Å². The van der Waals surface area contributed by atoms with Gasteiger partial charge in [-0.2, -0.15) is 0 Å². The molecule has 1 saturated heterocycles. The molecule has 2 aromatic rings. The van der Waals surface area contributed by atoms with E-state index in [1.807, 2.05) is 20.8 Å². The van der Waals surface area contributed by atoms with Crippen LogP contribution in [0.4, 0.5) is 14.5 Å². The minimum absolute atomic E-state index is 0.0778. The van der Waals surface area contributed by atoms with Crippen molar-refractivity contribution in [2.45, 2.75) is 69.5 Å². The molecule has 34 heavy (non-hydrogen) atoms. The van der Waals surface area contributed by atoms with Crippen molar-refractivity contribution in [2.75, 3.05) is 5.32 Å². The lowest BCUT2D eigenvalue weighted by atomic mass is 9.62. The largest absolute Gasteiger partial charge is 0.352 e. The molecule has 0 aromatic heterocycles. The summed E-state index contributed by atoms with van der Waals surface area (Å²) in [6, 6.07) is 7.53. The summed E-state index contributed by atoms with van der Waals surface area (Å²) >= 11 is 6.16. The predicted octanol–water partition coefficient (Wildman–Crippen LogP) is 4.65. The van der Waals surface area contributed by atoms with Crippen molar-refractivity contribution in [3.8, 4) is 0 Å². The van der Waals surface area contributed by atoms with Gasteiger partial charge in [0.15, 0.2) is 0 Å². The number of carbonyl (C=O) groups excluding carboxylic acids is 2. The van der Waals surface area contributed by atoms with Crippen LogP contribution >= 0.6 is 11.6 Å². The Morgan fingerprint density at radius 2 is 1.94 bits per heavy atom. The molecule has 8 heteroatoms. The van der Waals surface area contributed by atoms with E-state index in [0.717, 1.165) is 12.8 Å². The van der Waals surface area contributed by atoms with Crippen LogP contribution in [-0.4, -0.2) is 29.9 Å². The monoisotopic (exact) mass is 487 g/mol. The molecule has 4 atom stereocenters. The second kappa shape index (κ2) is 8.02. The molecule has 2 fully saturated rings. The fourth-order valence-electron chi connectivity index (χ4n) is 5.67. The molecule has 3 aliphatic rings. The summed E-state index contributed by atoms with van der Waals surface area (Å²) in [6.45, 7) is 6.15. The Morgan fingerprint density at radius 3 is 2.62 bits per heavy atom. The number of fused-ring (bicyclic) bond motifs is 2. The molecular formula is C26H28ClF2N3O2. The van der Waals surface area contributed by atoms with Crippen LogP contribution < -0.4 is 16.0 Å². The van der Waals surface area contributed by atoms with Crippen LogP contribution in [0.1, 0.15) is 57.1 Å². The van der Waals surface area contributed by atoms with Gasteiger partial charge in [-0.1, -0.05) is 50.6 Å². The standard InChI is InChI=1S/C26H28ClF2N3O2/c1-25(2,3)12-19-26(16-10-7-13(28)11-18(16)31-24(26)34)20(15-5-4-6-17(27)21(15)29)22(32-19)23(33)30-14-8-9-14/h4-7,10-11,14,19-20,22,32H,8-9,12H2,1-3H3,(H,30,33)(H,31,34). The van der Waals surface area contributed by atoms with Gasteiger partial charge in [0.2, 0.25) is 11.8 Å². The second-order valence-corrected chi connectivity index (χ2v) is 11.3. The number of carbonyl (C=O) groups is 2. The Labute approximate surface area is 202 Å². The van der Waals surface area contributed by atoms with Crippen molar-refractivity contribution in [3.05, 3.63) is 64.2 Å². The van der Waals surface area contributed by atoms with Crippen molar-refractivity contribution in [1.29, 1.82) is 0 Å². The molecular weight excluding hydrogens is 460 g/mol. The van der Waals surface area contributed by atoms with E-state index in [9.17, 15) is 14.0 Å². The summed E-state index contributed by atoms with van der Waals surface area (Å²) in [5.41, 5.74) is -0.437. The fraction of sp³-hybridized carbons (Fsp3) is 0.462. The molecule has 5 rings (SSSR count). The van der Waals surface area contributed by atoms with Gasteiger partial charge in [-0.3, -0.25) is 9.59 Å². The highest BCUT2D eigenvalue weighted by Gasteiger charge is 2.66. The number of nitrogens with one attached hydrogen (secondary N) is 3. The first kappa shape index (κ1) is 23.2. The van der Waals surface area contributed by atoms with Crippen LogP contribution in [0.25, 0.3) is 0 Å². The van der Waals surface area contributed by atoms with Crippen molar-refractivity contribution in [1.82, 2.24) is 10.6 Å². The third kappa shape index (κ3) is 3.69. The van der Waals surface area contributed by atoms with Gasteiger partial charge in [0, 0.05) is 23.7 Å². The quantitative estimate of drug-likeness (QED) is 0.588. The molecule has 0 bridgehead atoms. The summed E-state index contributed by atoms with van der Waals surface area (Å²) in [5, 5.41) is 9.19. The summed E-state index contributed by atoms with van der Waals surface area (Å²) in [5.74, 6) is -2.67. The van der Waals surface area contributed by atoms with Crippen molar-refractivity contribution in [2.24, 2.45) is 5.41 Å². The van der Waals surface area contributed by atoms with Crippen LogP contribution in [0, 0.1) is 17.0 Å². The van der Waals surface area contributed by atoms with Crippen LogP contribution in [0.15, 0.2) is 36.4 Å². The smallest absolute Gasteiger partial charge is 0.238 e. The molecule has 0 radical (unpaired) electrons. The van der Waals surface area contributed by atoms with Gasteiger partial charge in [0.1, 0.15) is 17.0 Å². The molecule has 2 aromatic carbocycles. The van der Waals surface area contributed by atoms with Gasteiger partial charge in [0.25, 0.3) is 0 Å². The van der Waals surface area contributed by atoms with Gasteiger partial charge < -0.3 is 16.0 Å². The zero-order valence-electron chi connectivity index (χ0n) is 19.3.